The van der Waals surface area contributed by atoms with Crippen molar-refractivity contribution in [1.29, 1.82) is 0 Å². The molecule has 0 saturated heterocycles. The van der Waals surface area contributed by atoms with Crippen molar-refractivity contribution in [3.05, 3.63) is 77.6 Å². The maximum atomic E-state index is 12.6. The van der Waals surface area contributed by atoms with E-state index in [4.69, 9.17) is 14.2 Å². The summed E-state index contributed by atoms with van der Waals surface area (Å²) in [6.07, 6.45) is 3.86. The minimum absolute atomic E-state index is 0.0417. The second kappa shape index (κ2) is 12.4. The number of aromatic nitrogens is 1. The van der Waals surface area contributed by atoms with Crippen molar-refractivity contribution in [2.75, 3.05) is 20.3 Å². The van der Waals surface area contributed by atoms with Gasteiger partial charge in [0.05, 0.1) is 13.7 Å². The predicted octanol–water partition coefficient (Wildman–Crippen LogP) is 4.64. The highest BCUT2D eigenvalue weighted by Gasteiger charge is 2.13. The van der Waals surface area contributed by atoms with Crippen LogP contribution in [-0.2, 0) is 13.0 Å². The summed E-state index contributed by atoms with van der Waals surface area (Å²) in [7, 11) is 1.37. The Balaban J connectivity index is 1.59. The molecule has 0 radical (unpaired) electrons. The van der Waals surface area contributed by atoms with Crippen LogP contribution in [0.25, 0.3) is 0 Å². The van der Waals surface area contributed by atoms with Gasteiger partial charge in [0.2, 0.25) is 0 Å². The molecule has 34 heavy (non-hydrogen) atoms. The molecule has 1 amide bonds. The highest BCUT2D eigenvalue weighted by atomic mass is 19.3. The zero-order valence-corrected chi connectivity index (χ0v) is 18.9. The number of nitrogens with zero attached hydrogens (tertiary/aromatic N) is 1. The fraction of sp³-hybridized carbons (Fsp3) is 0.280. The van der Waals surface area contributed by atoms with E-state index < -0.39 is 6.61 Å². The lowest BCUT2D eigenvalue weighted by molar-refractivity contribution is -0.0512. The van der Waals surface area contributed by atoms with Gasteiger partial charge in [-0.05, 0) is 66.9 Å². The number of pyridine rings is 1. The van der Waals surface area contributed by atoms with Crippen molar-refractivity contribution in [1.82, 2.24) is 10.3 Å². The Hall–Kier alpha value is -3.88. The first kappa shape index (κ1) is 24.8. The van der Waals surface area contributed by atoms with E-state index in [1.807, 2.05) is 19.1 Å². The van der Waals surface area contributed by atoms with Crippen LogP contribution in [-0.4, -0.2) is 37.8 Å². The Morgan fingerprint density at radius 1 is 0.941 bits per heavy atom. The molecule has 0 aliphatic carbocycles. The molecule has 0 unspecified atom stereocenters. The fourth-order valence-corrected chi connectivity index (χ4v) is 3.16. The molecule has 3 rings (SSSR count). The second-order valence-electron chi connectivity index (χ2n) is 7.11. The number of carbonyl (C=O) groups is 1. The molecule has 0 aliphatic heterocycles. The third-order valence-corrected chi connectivity index (χ3v) is 4.79. The van der Waals surface area contributed by atoms with Crippen molar-refractivity contribution < 1.29 is 32.5 Å². The molecule has 0 fully saturated rings. The summed E-state index contributed by atoms with van der Waals surface area (Å²) in [6.45, 7) is 0.0165. The maximum Gasteiger partial charge on any atom is 0.387 e. The number of hydrogen-bond acceptors (Lipinski definition) is 6. The van der Waals surface area contributed by atoms with Crippen molar-refractivity contribution in [3.8, 4) is 23.0 Å². The summed E-state index contributed by atoms with van der Waals surface area (Å²) in [4.78, 5) is 16.6. The van der Waals surface area contributed by atoms with Crippen molar-refractivity contribution in [3.63, 3.8) is 0 Å². The highest BCUT2D eigenvalue weighted by molar-refractivity contribution is 5.94. The molecule has 1 heterocycles. The number of nitrogens with one attached hydrogen (secondary N) is 1. The summed E-state index contributed by atoms with van der Waals surface area (Å²) in [5.41, 5.74) is 2.19. The Bertz CT molecular complexity index is 1080. The topological polar surface area (TPSA) is 78.9 Å². The van der Waals surface area contributed by atoms with Crippen LogP contribution < -0.4 is 24.3 Å². The summed E-state index contributed by atoms with van der Waals surface area (Å²) >= 11 is 0. The van der Waals surface area contributed by atoms with Crippen LogP contribution in [0.3, 0.4) is 0 Å². The number of halogens is 2. The van der Waals surface area contributed by atoms with E-state index in [1.54, 1.807) is 42.7 Å². The molecule has 0 bridgehead atoms. The van der Waals surface area contributed by atoms with Gasteiger partial charge in [0, 0.05) is 24.5 Å². The van der Waals surface area contributed by atoms with Crippen LogP contribution in [0.15, 0.2) is 60.9 Å². The minimum atomic E-state index is -2.94. The van der Waals surface area contributed by atoms with E-state index in [0.29, 0.717) is 43.2 Å². The van der Waals surface area contributed by atoms with E-state index in [-0.39, 0.29) is 17.4 Å². The van der Waals surface area contributed by atoms with Crippen LogP contribution in [0.5, 0.6) is 23.0 Å². The Labute approximate surface area is 196 Å². The summed E-state index contributed by atoms with van der Waals surface area (Å²) < 4.78 is 46.0. The smallest absolute Gasteiger partial charge is 0.387 e. The van der Waals surface area contributed by atoms with Crippen molar-refractivity contribution in [2.24, 2.45) is 0 Å². The number of amides is 1. The first-order valence-electron chi connectivity index (χ1n) is 10.7. The molecule has 9 heteroatoms. The van der Waals surface area contributed by atoms with Gasteiger partial charge in [-0.25, -0.2) is 0 Å². The predicted molar refractivity (Wildman–Crippen MR) is 122 cm³/mol. The standard InChI is InChI=1S/C25H26F2N2O5/c1-3-32-23-15-19(5-7-20(23)33-16-18-8-11-28-12-9-18)24(30)29-13-10-17-4-6-21(34-25(26)27)22(14-17)31-2/h4-9,11-12,14-15,25H,3,10,13,16H2,1-2H3,(H,29,30). The quantitative estimate of drug-likeness (QED) is 0.414. The lowest BCUT2D eigenvalue weighted by atomic mass is 10.1. The number of hydrogen-bond donors (Lipinski definition) is 1. The number of methoxy groups -OCH3 is 1. The van der Waals surface area contributed by atoms with E-state index in [2.05, 4.69) is 15.0 Å². The summed E-state index contributed by atoms with van der Waals surface area (Å²) in [6, 6.07) is 13.4. The Kier molecular flexibility index (Phi) is 9.02. The van der Waals surface area contributed by atoms with E-state index in [0.717, 1.165) is 11.1 Å². The molecular weight excluding hydrogens is 446 g/mol. The number of benzene rings is 2. The molecule has 7 nitrogen and oxygen atoms in total. The van der Waals surface area contributed by atoms with Gasteiger partial charge in [-0.15, -0.1) is 0 Å². The zero-order valence-electron chi connectivity index (χ0n) is 18.9. The average molecular weight is 472 g/mol. The van der Waals surface area contributed by atoms with Crippen LogP contribution in [0, 0.1) is 0 Å². The molecule has 0 aliphatic rings. The van der Waals surface area contributed by atoms with Gasteiger partial charge in [0.1, 0.15) is 6.61 Å². The fourth-order valence-electron chi connectivity index (χ4n) is 3.16. The lowest BCUT2D eigenvalue weighted by Crippen LogP contribution is -2.25. The molecule has 1 aromatic heterocycles. The number of rotatable bonds is 12. The molecule has 0 saturated carbocycles. The number of alkyl halides is 2. The van der Waals surface area contributed by atoms with Gasteiger partial charge in [-0.1, -0.05) is 6.07 Å². The number of carbonyl (C=O) groups excluding carboxylic acids is 1. The number of ether oxygens (including phenoxy) is 4. The normalized spacial score (nSPS) is 10.6. The molecule has 0 spiro atoms. The summed E-state index contributed by atoms with van der Waals surface area (Å²) in [5.74, 6) is 0.899. The molecular formula is C25H26F2N2O5. The van der Waals surface area contributed by atoms with Gasteiger partial charge < -0.3 is 24.3 Å². The second-order valence-corrected chi connectivity index (χ2v) is 7.11. The minimum Gasteiger partial charge on any atom is -0.493 e. The van der Waals surface area contributed by atoms with Gasteiger partial charge in [0.25, 0.3) is 5.91 Å². The van der Waals surface area contributed by atoms with E-state index in [9.17, 15) is 13.6 Å². The molecule has 1 N–H and O–H groups in total. The maximum absolute atomic E-state index is 12.6. The van der Waals surface area contributed by atoms with Crippen LogP contribution >= 0.6 is 0 Å². The third-order valence-electron chi connectivity index (χ3n) is 4.79. The first-order chi connectivity index (χ1) is 16.5. The van der Waals surface area contributed by atoms with Crippen LogP contribution in [0.1, 0.15) is 28.4 Å². The van der Waals surface area contributed by atoms with Gasteiger partial charge in [0.15, 0.2) is 23.0 Å². The van der Waals surface area contributed by atoms with Gasteiger partial charge in [-0.3, -0.25) is 9.78 Å². The van der Waals surface area contributed by atoms with Gasteiger partial charge in [-0.2, -0.15) is 8.78 Å². The van der Waals surface area contributed by atoms with E-state index >= 15 is 0 Å². The van der Waals surface area contributed by atoms with E-state index in [1.165, 1.54) is 13.2 Å². The third kappa shape index (κ3) is 7.06. The molecule has 3 aromatic rings. The summed E-state index contributed by atoms with van der Waals surface area (Å²) in [5, 5.41) is 2.84. The molecule has 2 aromatic carbocycles. The zero-order chi connectivity index (χ0) is 24.3. The van der Waals surface area contributed by atoms with Crippen LogP contribution in [0.2, 0.25) is 0 Å². The highest BCUT2D eigenvalue weighted by Crippen LogP contribution is 2.30. The molecule has 180 valence electrons. The Morgan fingerprint density at radius 3 is 2.41 bits per heavy atom. The van der Waals surface area contributed by atoms with Gasteiger partial charge >= 0.3 is 6.61 Å². The lowest BCUT2D eigenvalue weighted by Gasteiger charge is -2.14. The first-order valence-corrected chi connectivity index (χ1v) is 10.7. The Morgan fingerprint density at radius 2 is 1.71 bits per heavy atom. The SMILES string of the molecule is CCOc1cc(C(=O)NCCc2ccc(OC(F)F)c(OC)c2)ccc1OCc1ccncc1. The monoisotopic (exact) mass is 472 g/mol. The average Bonchev–Trinajstić information content (AvgIpc) is 2.84. The van der Waals surface area contributed by atoms with Crippen molar-refractivity contribution >= 4 is 5.91 Å². The molecule has 0 atom stereocenters. The largest absolute Gasteiger partial charge is 0.493 e. The van der Waals surface area contributed by atoms with Crippen LogP contribution in [0.4, 0.5) is 8.78 Å². The van der Waals surface area contributed by atoms with Crippen molar-refractivity contribution in [2.45, 2.75) is 26.6 Å².